The van der Waals surface area contributed by atoms with Crippen molar-refractivity contribution in [1.82, 2.24) is 19.9 Å². The first-order valence-electron chi connectivity index (χ1n) is 7.36. The van der Waals surface area contributed by atoms with Crippen molar-refractivity contribution in [3.8, 4) is 0 Å². The van der Waals surface area contributed by atoms with Crippen LogP contribution < -0.4 is 11.5 Å². The molecule has 2 heterocycles. The maximum absolute atomic E-state index is 12.6. The minimum atomic E-state index is -1.46. The van der Waals surface area contributed by atoms with Crippen LogP contribution in [0.25, 0.3) is 0 Å². The zero-order valence-corrected chi connectivity index (χ0v) is 17.7. The second kappa shape index (κ2) is 11.9. The van der Waals surface area contributed by atoms with Gasteiger partial charge in [-0.1, -0.05) is 0 Å². The zero-order chi connectivity index (χ0) is 22.8. The fourth-order valence-corrected chi connectivity index (χ4v) is 2.13. The predicted molar refractivity (Wildman–Crippen MR) is 103 cm³/mol. The smallest absolute Gasteiger partial charge is 0.268 e. The highest BCUT2D eigenvalue weighted by Gasteiger charge is 2.22. The van der Waals surface area contributed by atoms with E-state index in [1.165, 1.54) is 37.2 Å². The van der Waals surface area contributed by atoms with Crippen LogP contribution in [-0.4, -0.2) is 31.8 Å². The summed E-state index contributed by atoms with van der Waals surface area (Å²) in [4.78, 5) is 35.2. The van der Waals surface area contributed by atoms with Gasteiger partial charge < -0.3 is 11.5 Å². The van der Waals surface area contributed by atoms with Crippen LogP contribution in [0.1, 0.15) is 21.0 Å². The third-order valence-corrected chi connectivity index (χ3v) is 4.18. The molecule has 0 fully saturated rings. The maximum atomic E-state index is 12.6. The third-order valence-electron chi connectivity index (χ3n) is 2.79. The van der Waals surface area contributed by atoms with E-state index in [-0.39, 0.29) is 11.4 Å². The number of aromatic nitrogens is 4. The third kappa shape index (κ3) is 7.11. The van der Waals surface area contributed by atoms with E-state index in [0.29, 0.717) is 0 Å². The average molecular weight is 554 g/mol. The van der Waals surface area contributed by atoms with E-state index < -0.39 is 44.0 Å². The quantitative estimate of drug-likeness (QED) is 0.284. The molecular formula is C16H10Br2F4N6O2. The molecule has 14 heteroatoms. The average Bonchev–Trinajstić information content (AvgIpc) is 2.77. The van der Waals surface area contributed by atoms with Gasteiger partial charge in [-0.15, -0.1) is 0 Å². The van der Waals surface area contributed by atoms with Crippen molar-refractivity contribution in [2.75, 3.05) is 0 Å². The standard InChI is InChI=1S/C6Br2F4.2C5H5N3O/c7-1-3(9)5(11)2(8)6(12)4(1)10;2*6-5(9)4-3-7-1-2-8-4/h;2*1-3H,(H2,6,9). The molecule has 1 aromatic carbocycles. The number of carbonyl (C=O) groups excluding carboxylic acids is 2. The summed E-state index contributed by atoms with van der Waals surface area (Å²) < 4.78 is 48.6. The Balaban J connectivity index is 0.000000229. The number of primary amides is 2. The number of hydrogen-bond acceptors (Lipinski definition) is 6. The van der Waals surface area contributed by atoms with E-state index in [1.54, 1.807) is 0 Å². The van der Waals surface area contributed by atoms with Crippen LogP contribution >= 0.6 is 31.9 Å². The molecule has 2 aromatic heterocycles. The molecule has 0 saturated heterocycles. The molecule has 8 nitrogen and oxygen atoms in total. The first kappa shape index (κ1) is 25.0. The molecule has 0 spiro atoms. The lowest BCUT2D eigenvalue weighted by Crippen LogP contribution is -2.12. The summed E-state index contributed by atoms with van der Waals surface area (Å²) >= 11 is 4.73. The number of nitrogens with zero attached hydrogens (tertiary/aromatic N) is 4. The van der Waals surface area contributed by atoms with Crippen LogP contribution in [0.4, 0.5) is 17.6 Å². The Morgan fingerprint density at radius 2 is 0.967 bits per heavy atom. The van der Waals surface area contributed by atoms with Crippen LogP contribution in [0.3, 0.4) is 0 Å². The van der Waals surface area contributed by atoms with Gasteiger partial charge in [0.25, 0.3) is 11.8 Å². The summed E-state index contributed by atoms with van der Waals surface area (Å²) in [6.07, 6.45) is 8.43. The van der Waals surface area contributed by atoms with Crippen molar-refractivity contribution in [3.05, 3.63) is 80.8 Å². The SMILES string of the molecule is Fc1c(F)c(Br)c(F)c(F)c1Br.NC(=O)c1cnccn1.NC(=O)c1cnccn1. The van der Waals surface area contributed by atoms with Gasteiger partial charge in [0.2, 0.25) is 0 Å². The minimum Gasteiger partial charge on any atom is -0.364 e. The van der Waals surface area contributed by atoms with Crippen LogP contribution in [-0.2, 0) is 0 Å². The number of hydrogen-bond donors (Lipinski definition) is 2. The Bertz CT molecular complexity index is 875. The zero-order valence-electron chi connectivity index (χ0n) is 14.5. The van der Waals surface area contributed by atoms with Gasteiger partial charge >= 0.3 is 0 Å². The highest BCUT2D eigenvalue weighted by molar-refractivity contribution is 9.11. The Labute approximate surface area is 183 Å². The molecule has 3 aromatic rings. The van der Waals surface area contributed by atoms with E-state index in [0.717, 1.165) is 0 Å². The first-order valence-corrected chi connectivity index (χ1v) is 8.95. The molecule has 0 aliphatic heterocycles. The van der Waals surface area contributed by atoms with E-state index >= 15 is 0 Å². The van der Waals surface area contributed by atoms with E-state index in [2.05, 4.69) is 51.8 Å². The molecule has 3 rings (SSSR count). The second-order valence-electron chi connectivity index (χ2n) is 4.79. The number of amides is 2. The molecule has 0 saturated carbocycles. The van der Waals surface area contributed by atoms with Gasteiger partial charge in [-0.25, -0.2) is 27.5 Å². The largest absolute Gasteiger partial charge is 0.364 e. The van der Waals surface area contributed by atoms with Gasteiger partial charge in [0.15, 0.2) is 23.3 Å². The number of nitrogens with two attached hydrogens (primary N) is 2. The van der Waals surface area contributed by atoms with Gasteiger partial charge in [-0.3, -0.25) is 19.6 Å². The normalized spacial score (nSPS) is 9.53. The number of carbonyl (C=O) groups is 2. The van der Waals surface area contributed by atoms with Crippen LogP contribution in [0.2, 0.25) is 0 Å². The summed E-state index contributed by atoms with van der Waals surface area (Å²) in [6.45, 7) is 0. The van der Waals surface area contributed by atoms with Crippen molar-refractivity contribution < 1.29 is 27.2 Å². The van der Waals surface area contributed by atoms with Crippen LogP contribution in [0, 0.1) is 23.3 Å². The minimum absolute atomic E-state index is 0.192. The summed E-state index contributed by atoms with van der Waals surface area (Å²) in [6, 6.07) is 0. The summed E-state index contributed by atoms with van der Waals surface area (Å²) in [5.74, 6) is -6.94. The van der Waals surface area contributed by atoms with Crippen LogP contribution in [0.15, 0.2) is 46.1 Å². The molecule has 158 valence electrons. The first-order chi connectivity index (χ1) is 14.1. The predicted octanol–water partition coefficient (Wildman–Crippen LogP) is 2.92. The Kier molecular flexibility index (Phi) is 9.91. The van der Waals surface area contributed by atoms with Crippen molar-refractivity contribution in [3.63, 3.8) is 0 Å². The lowest BCUT2D eigenvalue weighted by Gasteiger charge is -2.02. The highest BCUT2D eigenvalue weighted by atomic mass is 79.9. The molecule has 0 radical (unpaired) electrons. The van der Waals surface area contributed by atoms with E-state index in [1.807, 2.05) is 0 Å². The maximum Gasteiger partial charge on any atom is 0.268 e. The fraction of sp³-hybridized carbons (Fsp3) is 0. The van der Waals surface area contributed by atoms with Gasteiger partial charge in [-0.2, -0.15) is 0 Å². The molecule has 0 atom stereocenters. The molecule has 4 N–H and O–H groups in total. The fourth-order valence-electron chi connectivity index (χ4n) is 1.43. The molecule has 0 unspecified atom stereocenters. The topological polar surface area (TPSA) is 138 Å². The van der Waals surface area contributed by atoms with Gasteiger partial charge in [0.1, 0.15) is 11.4 Å². The molecule has 0 aliphatic carbocycles. The lowest BCUT2D eigenvalue weighted by molar-refractivity contribution is 0.0987. The number of benzene rings is 1. The monoisotopic (exact) mass is 552 g/mol. The molecule has 0 bridgehead atoms. The van der Waals surface area contributed by atoms with Crippen molar-refractivity contribution in [2.24, 2.45) is 11.5 Å². The number of rotatable bonds is 2. The summed E-state index contributed by atoms with van der Waals surface area (Å²) in [5.41, 5.74) is 10.1. The number of halogens is 6. The van der Waals surface area contributed by atoms with Gasteiger partial charge in [-0.05, 0) is 31.9 Å². The molecule has 2 amide bonds. The second-order valence-corrected chi connectivity index (χ2v) is 6.38. The summed E-state index contributed by atoms with van der Waals surface area (Å²) in [5, 5.41) is 0. The van der Waals surface area contributed by atoms with Gasteiger partial charge in [0, 0.05) is 24.8 Å². The highest BCUT2D eigenvalue weighted by Crippen LogP contribution is 2.30. The molecule has 30 heavy (non-hydrogen) atoms. The lowest BCUT2D eigenvalue weighted by atomic mass is 10.3. The van der Waals surface area contributed by atoms with Crippen molar-refractivity contribution >= 4 is 43.7 Å². The summed E-state index contributed by atoms with van der Waals surface area (Å²) in [7, 11) is 0. The van der Waals surface area contributed by atoms with E-state index in [9.17, 15) is 27.2 Å². The van der Waals surface area contributed by atoms with E-state index in [4.69, 9.17) is 11.5 Å². The van der Waals surface area contributed by atoms with Crippen LogP contribution in [0.5, 0.6) is 0 Å². The van der Waals surface area contributed by atoms with Crippen molar-refractivity contribution in [2.45, 2.75) is 0 Å². The Morgan fingerprint density at radius 3 is 1.13 bits per heavy atom. The Hall–Kier alpha value is -3.00. The van der Waals surface area contributed by atoms with Gasteiger partial charge in [0.05, 0.1) is 21.3 Å². The molecular weight excluding hydrogens is 544 g/mol. The molecule has 0 aliphatic rings. The Morgan fingerprint density at radius 1 is 0.667 bits per heavy atom. The van der Waals surface area contributed by atoms with Crippen molar-refractivity contribution in [1.29, 1.82) is 0 Å².